The van der Waals surface area contributed by atoms with Gasteiger partial charge in [0.05, 0.1) is 40.6 Å². The molecule has 13 atom stereocenters. The molecule has 3 aliphatic heterocycles. The highest BCUT2D eigenvalue weighted by molar-refractivity contribution is 5.91. The van der Waals surface area contributed by atoms with Crippen molar-refractivity contribution < 1.29 is 113 Å². The molecule has 0 saturated carbocycles. The van der Waals surface area contributed by atoms with Crippen LogP contribution in [0.25, 0.3) is 28.4 Å². The predicted molar refractivity (Wildman–Crippen MR) is 221 cm³/mol. The van der Waals surface area contributed by atoms with Gasteiger partial charge in [0.1, 0.15) is 65.0 Å². The standard InChI is InChI=1S/C43H48O24/c1-58-22-11-18(6-9-20(22)47)34-36(31(53)27-23(62-34)12-21(48)35(59-2)30(27)52)66-41-38(67-42-39(56)43(57,15-45)16-61-42)33(55)29(51)25(64-41)14-60-40-37(32(54)28(50)24(13-44)63-40)65-26(49)10-5-17-3-7-19(46)8-4-17/h3-12,24-25,28-29,32-33,37-42,44-48,50-52,54-57H,13-16H2,1-2H3/b10-5+/t24-,25-,28-,29-,32+,33+,37-,38-,39+,40-,41+,42+,43-/m1/s1. The fourth-order valence-electron chi connectivity index (χ4n) is 7.50. The number of carbonyl (C=O) groups is 1. The molecule has 3 aromatic carbocycles. The smallest absolute Gasteiger partial charge is 0.331 e. The molecule has 364 valence electrons. The molecule has 67 heavy (non-hydrogen) atoms. The van der Waals surface area contributed by atoms with E-state index in [1.54, 1.807) is 0 Å². The number of phenolic OH excluding ortho intramolecular Hbond substituents is 4. The second-order valence-electron chi connectivity index (χ2n) is 15.6. The topological polar surface area (TPSA) is 373 Å². The summed E-state index contributed by atoms with van der Waals surface area (Å²) in [6.07, 6.45) is -20.5. The number of aliphatic hydroxyl groups is 8. The van der Waals surface area contributed by atoms with Crippen LogP contribution >= 0.6 is 0 Å². The molecule has 3 aliphatic rings. The monoisotopic (exact) mass is 948 g/mol. The molecule has 4 heterocycles. The molecule has 0 bridgehead atoms. The average Bonchev–Trinajstić information content (AvgIpc) is 3.60. The zero-order valence-electron chi connectivity index (χ0n) is 35.3. The number of methoxy groups -OCH3 is 2. The zero-order chi connectivity index (χ0) is 48.5. The third-order valence-corrected chi connectivity index (χ3v) is 11.3. The number of hydrogen-bond acceptors (Lipinski definition) is 24. The van der Waals surface area contributed by atoms with Gasteiger partial charge >= 0.3 is 5.97 Å². The van der Waals surface area contributed by atoms with Crippen LogP contribution in [0.2, 0.25) is 0 Å². The number of rotatable bonds is 15. The van der Waals surface area contributed by atoms with Gasteiger partial charge in [-0.15, -0.1) is 0 Å². The summed E-state index contributed by atoms with van der Waals surface area (Å²) < 4.78 is 56.6. The Kier molecular flexibility index (Phi) is 14.8. The highest BCUT2D eigenvalue weighted by Gasteiger charge is 2.55. The number of hydrogen-bond donors (Lipinski definition) is 12. The van der Waals surface area contributed by atoms with Crippen LogP contribution in [0.1, 0.15) is 5.56 Å². The van der Waals surface area contributed by atoms with Crippen LogP contribution in [0.15, 0.2) is 63.8 Å². The van der Waals surface area contributed by atoms with Crippen molar-refractivity contribution in [2.75, 3.05) is 40.6 Å². The minimum absolute atomic E-state index is 0.0260. The lowest BCUT2D eigenvalue weighted by Gasteiger charge is -2.44. The summed E-state index contributed by atoms with van der Waals surface area (Å²) in [5.74, 6) is -4.92. The number of ether oxygens (including phenoxy) is 9. The molecule has 0 unspecified atom stereocenters. The summed E-state index contributed by atoms with van der Waals surface area (Å²) in [4.78, 5) is 27.5. The fourth-order valence-corrected chi connectivity index (χ4v) is 7.50. The Hall–Kier alpha value is -5.84. The Bertz CT molecular complexity index is 2480. The number of fused-ring (bicyclic) bond motifs is 1. The minimum atomic E-state index is -2.25. The number of benzene rings is 3. The lowest BCUT2D eigenvalue weighted by atomic mass is 9.97. The van der Waals surface area contributed by atoms with E-state index in [4.69, 9.17) is 47.0 Å². The Morgan fingerprint density at radius 2 is 1.49 bits per heavy atom. The first-order chi connectivity index (χ1) is 31.9. The second-order valence-corrected chi connectivity index (χ2v) is 15.6. The molecule has 3 saturated heterocycles. The van der Waals surface area contributed by atoms with E-state index in [1.165, 1.54) is 55.7 Å². The van der Waals surface area contributed by atoms with Crippen molar-refractivity contribution in [3.8, 4) is 51.6 Å². The fraction of sp³-hybridized carbons (Fsp3) is 0.442. The lowest BCUT2D eigenvalue weighted by Crippen LogP contribution is -2.64. The highest BCUT2D eigenvalue weighted by Crippen LogP contribution is 2.45. The van der Waals surface area contributed by atoms with E-state index >= 15 is 0 Å². The van der Waals surface area contributed by atoms with Crippen molar-refractivity contribution in [3.63, 3.8) is 0 Å². The molecule has 0 amide bonds. The molecule has 24 heteroatoms. The predicted octanol–water partition coefficient (Wildman–Crippen LogP) is -1.97. The Morgan fingerprint density at radius 1 is 0.806 bits per heavy atom. The van der Waals surface area contributed by atoms with E-state index in [1.807, 2.05) is 0 Å². The molecule has 0 radical (unpaired) electrons. The normalized spacial score (nSPS) is 31.0. The van der Waals surface area contributed by atoms with Crippen molar-refractivity contribution in [1.29, 1.82) is 0 Å². The van der Waals surface area contributed by atoms with Gasteiger partial charge in [0, 0.05) is 17.7 Å². The number of aliphatic hydroxyl groups excluding tert-OH is 7. The van der Waals surface area contributed by atoms with Gasteiger partial charge < -0.3 is 108 Å². The zero-order valence-corrected chi connectivity index (χ0v) is 35.3. The van der Waals surface area contributed by atoms with Crippen molar-refractivity contribution in [2.45, 2.75) is 79.4 Å². The highest BCUT2D eigenvalue weighted by atomic mass is 16.8. The summed E-state index contributed by atoms with van der Waals surface area (Å²) in [6, 6.07) is 10.3. The van der Waals surface area contributed by atoms with Crippen molar-refractivity contribution in [3.05, 3.63) is 70.4 Å². The van der Waals surface area contributed by atoms with Gasteiger partial charge in [-0.05, 0) is 42.0 Å². The molecule has 0 aliphatic carbocycles. The largest absolute Gasteiger partial charge is 0.508 e. The molecule has 24 nitrogen and oxygen atoms in total. The van der Waals surface area contributed by atoms with Crippen molar-refractivity contribution in [1.82, 2.24) is 0 Å². The SMILES string of the molecule is COc1cc(-c2oc3cc(O)c(OC)c(O)c3c(=O)c2O[C@@H]2O[C@H](CO[C@@H]3O[C@H](CO)[C@@H](O)[C@H](O)[C@H]3OC(=O)/C=C/c3ccc(O)cc3)[C@@H](O)[C@H](O)[C@H]2O[C@@H]2OC[C@](O)(CO)[C@H]2O)ccc1O. The Labute approximate surface area is 377 Å². The van der Waals surface area contributed by atoms with Crippen LogP contribution in [-0.4, -0.2) is 187 Å². The summed E-state index contributed by atoms with van der Waals surface area (Å²) in [5, 5.41) is 127. The number of esters is 1. The first kappa shape index (κ1) is 49.1. The van der Waals surface area contributed by atoms with Crippen LogP contribution in [0, 0.1) is 0 Å². The Morgan fingerprint density at radius 3 is 2.15 bits per heavy atom. The maximum atomic E-state index is 14.5. The minimum Gasteiger partial charge on any atom is -0.508 e. The maximum Gasteiger partial charge on any atom is 0.331 e. The lowest BCUT2D eigenvalue weighted by molar-refractivity contribution is -0.338. The van der Waals surface area contributed by atoms with Gasteiger partial charge in [-0.25, -0.2) is 4.79 Å². The van der Waals surface area contributed by atoms with Crippen molar-refractivity contribution in [2.24, 2.45) is 0 Å². The first-order valence-corrected chi connectivity index (χ1v) is 20.3. The molecule has 3 fully saturated rings. The van der Waals surface area contributed by atoms with Gasteiger partial charge in [-0.2, -0.15) is 0 Å². The third-order valence-electron chi connectivity index (χ3n) is 11.3. The van der Waals surface area contributed by atoms with Gasteiger partial charge in [0.2, 0.25) is 23.2 Å². The molecule has 4 aromatic rings. The first-order valence-electron chi connectivity index (χ1n) is 20.3. The van der Waals surface area contributed by atoms with Gasteiger partial charge in [-0.1, -0.05) is 12.1 Å². The summed E-state index contributed by atoms with van der Waals surface area (Å²) in [6.45, 7) is -3.39. The van der Waals surface area contributed by atoms with Crippen LogP contribution in [0.5, 0.6) is 40.2 Å². The van der Waals surface area contributed by atoms with Gasteiger partial charge in [0.15, 0.2) is 53.5 Å². The average molecular weight is 949 g/mol. The third kappa shape index (κ3) is 9.79. The van der Waals surface area contributed by atoms with E-state index in [9.17, 15) is 70.9 Å². The molecular formula is C43H48O24. The number of phenols is 4. The van der Waals surface area contributed by atoms with Gasteiger partial charge in [0.25, 0.3) is 0 Å². The molecular weight excluding hydrogens is 900 g/mol. The molecule has 12 N–H and O–H groups in total. The van der Waals surface area contributed by atoms with Crippen LogP contribution in [0.3, 0.4) is 0 Å². The maximum absolute atomic E-state index is 14.5. The Balaban J connectivity index is 1.25. The van der Waals surface area contributed by atoms with Crippen LogP contribution < -0.4 is 19.6 Å². The number of carbonyl (C=O) groups excluding carboxylic acids is 1. The van der Waals surface area contributed by atoms with Crippen molar-refractivity contribution >= 4 is 23.0 Å². The van der Waals surface area contributed by atoms with Crippen LogP contribution in [-0.2, 0) is 33.2 Å². The van der Waals surface area contributed by atoms with Gasteiger partial charge in [-0.3, -0.25) is 4.79 Å². The van der Waals surface area contributed by atoms with E-state index in [2.05, 4.69) is 0 Å². The quantitative estimate of drug-likeness (QED) is 0.0454. The van der Waals surface area contributed by atoms with Crippen LogP contribution in [0.4, 0.5) is 0 Å². The second kappa shape index (κ2) is 20.2. The summed E-state index contributed by atoms with van der Waals surface area (Å²) in [5.41, 5.74) is -3.39. The molecule has 7 rings (SSSR count). The van der Waals surface area contributed by atoms with E-state index in [0.29, 0.717) is 5.56 Å². The molecule has 0 spiro atoms. The summed E-state index contributed by atoms with van der Waals surface area (Å²) >= 11 is 0. The number of aromatic hydroxyl groups is 4. The molecule has 1 aromatic heterocycles. The van der Waals surface area contributed by atoms with E-state index < -0.39 is 157 Å². The summed E-state index contributed by atoms with van der Waals surface area (Å²) in [7, 11) is 2.32. The van der Waals surface area contributed by atoms with E-state index in [-0.39, 0.29) is 22.8 Å². The van der Waals surface area contributed by atoms with E-state index in [0.717, 1.165) is 19.3 Å².